The maximum Gasteiger partial charge on any atom is 0.334 e. The molecule has 0 bridgehead atoms. The summed E-state index contributed by atoms with van der Waals surface area (Å²) in [5.41, 5.74) is 0. The van der Waals surface area contributed by atoms with Gasteiger partial charge in [0.05, 0.1) is 0 Å². The molecule has 74 valence electrons. The van der Waals surface area contributed by atoms with Crippen molar-refractivity contribution < 1.29 is 24.2 Å². The fourth-order valence-electron chi connectivity index (χ4n) is 0.552. The maximum atomic E-state index is 10.7. The first-order valence-electron chi connectivity index (χ1n) is 3.77. The average Bonchev–Trinajstić information content (AvgIpc) is 2.16. The van der Waals surface area contributed by atoms with E-state index in [9.17, 15) is 9.59 Å². The molecule has 0 radical (unpaired) electrons. The van der Waals surface area contributed by atoms with Crippen molar-refractivity contribution in [3.05, 3.63) is 12.7 Å². The molecule has 0 spiro atoms. The zero-order valence-electron chi connectivity index (χ0n) is 7.36. The van der Waals surface area contributed by atoms with Gasteiger partial charge in [-0.2, -0.15) is 0 Å². The summed E-state index contributed by atoms with van der Waals surface area (Å²) in [5.74, 6) is -1.50. The van der Waals surface area contributed by atoms with Gasteiger partial charge in [0.15, 0.2) is 0 Å². The molecule has 0 aliphatic rings. The summed E-state index contributed by atoms with van der Waals surface area (Å²) in [5, 5.41) is 8.34. The fraction of sp³-hybridized carbons (Fsp3) is 0.500. The Morgan fingerprint density at radius 1 is 1.54 bits per heavy atom. The highest BCUT2D eigenvalue weighted by atomic mass is 16.7. The van der Waals surface area contributed by atoms with Gasteiger partial charge in [0.2, 0.25) is 6.29 Å². The largest absolute Gasteiger partial charge is 0.423 e. The summed E-state index contributed by atoms with van der Waals surface area (Å²) in [6.07, 6.45) is 0.339. The van der Waals surface area contributed by atoms with Gasteiger partial charge < -0.3 is 14.6 Å². The van der Waals surface area contributed by atoms with Crippen molar-refractivity contribution in [1.29, 1.82) is 0 Å². The van der Waals surface area contributed by atoms with Gasteiger partial charge in [-0.15, -0.1) is 0 Å². The second-order valence-corrected chi connectivity index (χ2v) is 2.13. The standard InChI is InChI=1S/C8H12O5/c1-3-6(10)12-8(4-2)13-7(11)5-9/h3,8-9H,1,4-5H2,2H3. The number of esters is 2. The first-order valence-corrected chi connectivity index (χ1v) is 3.77. The van der Waals surface area contributed by atoms with Crippen LogP contribution in [0.25, 0.3) is 0 Å². The lowest BCUT2D eigenvalue weighted by Crippen LogP contribution is -2.24. The molecule has 0 saturated heterocycles. The van der Waals surface area contributed by atoms with Crippen molar-refractivity contribution in [2.24, 2.45) is 0 Å². The third kappa shape index (κ3) is 4.97. The number of aliphatic hydroxyl groups is 1. The summed E-state index contributed by atoms with van der Waals surface area (Å²) >= 11 is 0. The van der Waals surface area contributed by atoms with E-state index in [1.54, 1.807) is 6.92 Å². The van der Waals surface area contributed by atoms with Gasteiger partial charge in [-0.05, 0) is 0 Å². The molecular formula is C8H12O5. The van der Waals surface area contributed by atoms with Crippen LogP contribution in [0.5, 0.6) is 0 Å². The van der Waals surface area contributed by atoms with Gasteiger partial charge in [-0.3, -0.25) is 0 Å². The topological polar surface area (TPSA) is 72.8 Å². The van der Waals surface area contributed by atoms with Crippen LogP contribution >= 0.6 is 0 Å². The normalized spacial score (nSPS) is 11.5. The van der Waals surface area contributed by atoms with Crippen molar-refractivity contribution in [3.63, 3.8) is 0 Å². The van der Waals surface area contributed by atoms with Gasteiger partial charge in [0.1, 0.15) is 6.61 Å². The second kappa shape index (κ2) is 6.19. The van der Waals surface area contributed by atoms with Crippen molar-refractivity contribution in [2.45, 2.75) is 19.6 Å². The number of hydrogen-bond donors (Lipinski definition) is 1. The van der Waals surface area contributed by atoms with Crippen LogP contribution in [0, 0.1) is 0 Å². The van der Waals surface area contributed by atoms with E-state index >= 15 is 0 Å². The molecule has 5 heteroatoms. The number of ether oxygens (including phenoxy) is 2. The van der Waals surface area contributed by atoms with Crippen LogP contribution in [0.1, 0.15) is 13.3 Å². The zero-order valence-corrected chi connectivity index (χ0v) is 7.36. The predicted molar refractivity (Wildman–Crippen MR) is 43.5 cm³/mol. The van der Waals surface area contributed by atoms with Gasteiger partial charge in [-0.25, -0.2) is 9.59 Å². The number of carbonyl (C=O) groups excluding carboxylic acids is 2. The van der Waals surface area contributed by atoms with Crippen LogP contribution in [-0.4, -0.2) is 29.9 Å². The lowest BCUT2D eigenvalue weighted by Gasteiger charge is -2.14. The van der Waals surface area contributed by atoms with Crippen molar-refractivity contribution in [2.75, 3.05) is 6.61 Å². The molecule has 13 heavy (non-hydrogen) atoms. The van der Waals surface area contributed by atoms with Crippen LogP contribution < -0.4 is 0 Å². The molecule has 0 aromatic carbocycles. The summed E-state index contributed by atoms with van der Waals surface area (Å²) < 4.78 is 9.15. The highest BCUT2D eigenvalue weighted by Gasteiger charge is 2.14. The Kier molecular flexibility index (Phi) is 5.54. The van der Waals surface area contributed by atoms with E-state index in [0.717, 1.165) is 6.08 Å². The quantitative estimate of drug-likeness (QED) is 0.373. The Morgan fingerprint density at radius 3 is 2.54 bits per heavy atom. The van der Waals surface area contributed by atoms with Crippen LogP contribution in [0.3, 0.4) is 0 Å². The molecule has 0 heterocycles. The highest BCUT2D eigenvalue weighted by molar-refractivity contribution is 5.81. The Hall–Kier alpha value is -1.36. The molecule has 5 nitrogen and oxygen atoms in total. The molecule has 0 fully saturated rings. The molecular weight excluding hydrogens is 176 g/mol. The predicted octanol–water partition coefficient (Wildman–Crippen LogP) is -0.0128. The molecule has 1 unspecified atom stereocenters. The minimum absolute atomic E-state index is 0.325. The smallest absolute Gasteiger partial charge is 0.334 e. The van der Waals surface area contributed by atoms with E-state index < -0.39 is 24.8 Å². The SMILES string of the molecule is C=CC(=O)OC(CC)OC(=O)CO. The summed E-state index contributed by atoms with van der Waals surface area (Å²) in [4.78, 5) is 21.2. The van der Waals surface area contributed by atoms with Crippen LogP contribution in [0.2, 0.25) is 0 Å². The molecule has 0 aromatic heterocycles. The first kappa shape index (κ1) is 11.6. The van der Waals surface area contributed by atoms with E-state index in [1.165, 1.54) is 0 Å². The summed E-state index contributed by atoms with van der Waals surface area (Å²) in [6.45, 7) is 4.12. The van der Waals surface area contributed by atoms with Crippen molar-refractivity contribution in [1.82, 2.24) is 0 Å². The van der Waals surface area contributed by atoms with Crippen molar-refractivity contribution in [3.8, 4) is 0 Å². The molecule has 0 amide bonds. The lowest BCUT2D eigenvalue weighted by atomic mass is 10.4. The van der Waals surface area contributed by atoms with E-state index in [4.69, 9.17) is 5.11 Å². The Balaban J connectivity index is 3.95. The molecule has 0 saturated carbocycles. The van der Waals surface area contributed by atoms with Gasteiger partial charge in [0.25, 0.3) is 0 Å². The Bertz CT molecular complexity index is 199. The molecule has 0 aliphatic heterocycles. The first-order chi connectivity index (χ1) is 6.13. The Morgan fingerprint density at radius 2 is 2.15 bits per heavy atom. The molecule has 1 N–H and O–H groups in total. The molecule has 0 aliphatic carbocycles. The zero-order chi connectivity index (χ0) is 10.3. The van der Waals surface area contributed by atoms with Crippen LogP contribution in [-0.2, 0) is 19.1 Å². The molecule has 0 rings (SSSR count). The summed E-state index contributed by atoms with van der Waals surface area (Å²) in [6, 6.07) is 0. The van der Waals surface area contributed by atoms with Crippen LogP contribution in [0.15, 0.2) is 12.7 Å². The third-order valence-corrected chi connectivity index (χ3v) is 1.14. The number of carbonyl (C=O) groups is 2. The monoisotopic (exact) mass is 188 g/mol. The number of rotatable bonds is 5. The van der Waals surface area contributed by atoms with E-state index in [1.807, 2.05) is 0 Å². The molecule has 1 atom stereocenters. The molecule has 0 aromatic rings. The number of aliphatic hydroxyl groups excluding tert-OH is 1. The third-order valence-electron chi connectivity index (χ3n) is 1.14. The lowest BCUT2D eigenvalue weighted by molar-refractivity contribution is -0.186. The van der Waals surface area contributed by atoms with Gasteiger partial charge in [0, 0.05) is 12.5 Å². The van der Waals surface area contributed by atoms with E-state index in [2.05, 4.69) is 16.1 Å². The van der Waals surface area contributed by atoms with Gasteiger partial charge >= 0.3 is 11.9 Å². The fourth-order valence-corrected chi connectivity index (χ4v) is 0.552. The van der Waals surface area contributed by atoms with Crippen molar-refractivity contribution >= 4 is 11.9 Å². The summed E-state index contributed by atoms with van der Waals surface area (Å²) in [7, 11) is 0. The highest BCUT2D eigenvalue weighted by Crippen LogP contribution is 2.01. The minimum atomic E-state index is -0.954. The second-order valence-electron chi connectivity index (χ2n) is 2.13. The average molecular weight is 188 g/mol. The maximum absolute atomic E-state index is 10.7. The van der Waals surface area contributed by atoms with E-state index in [0.29, 0.717) is 6.42 Å². The number of hydrogen-bond acceptors (Lipinski definition) is 5. The Labute approximate surface area is 75.9 Å². The van der Waals surface area contributed by atoms with Gasteiger partial charge in [-0.1, -0.05) is 13.5 Å². The minimum Gasteiger partial charge on any atom is -0.423 e. The van der Waals surface area contributed by atoms with Crippen LogP contribution in [0.4, 0.5) is 0 Å². The van der Waals surface area contributed by atoms with E-state index in [-0.39, 0.29) is 0 Å².